The van der Waals surface area contributed by atoms with Crippen molar-refractivity contribution in [2.75, 3.05) is 11.9 Å². The van der Waals surface area contributed by atoms with Gasteiger partial charge >= 0.3 is 0 Å². The van der Waals surface area contributed by atoms with E-state index in [0.29, 0.717) is 11.7 Å². The molecule has 0 radical (unpaired) electrons. The number of nitrogens with zero attached hydrogens (tertiary/aromatic N) is 1. The largest absolute Gasteiger partial charge is 0.494 e. The van der Waals surface area contributed by atoms with Crippen LogP contribution in [-0.4, -0.2) is 17.5 Å². The van der Waals surface area contributed by atoms with Crippen LogP contribution in [0.5, 0.6) is 5.75 Å². The first-order valence-corrected chi connectivity index (χ1v) is 7.62. The molecule has 0 saturated heterocycles. The maximum atomic E-state index is 12.1. The van der Waals surface area contributed by atoms with E-state index >= 15 is 0 Å². The molecule has 1 aromatic carbocycles. The van der Waals surface area contributed by atoms with Gasteiger partial charge in [0, 0.05) is 5.41 Å². The predicted molar refractivity (Wildman–Crippen MR) is 90.7 cm³/mol. The molecule has 1 aromatic heterocycles. The summed E-state index contributed by atoms with van der Waals surface area (Å²) in [5.41, 5.74) is 0.497. The Balaban J connectivity index is 0.00000220. The quantitative estimate of drug-likeness (QED) is 0.879. The van der Waals surface area contributed by atoms with E-state index < -0.39 is 0 Å². The van der Waals surface area contributed by atoms with Gasteiger partial charge in [0.25, 0.3) is 0 Å². The summed E-state index contributed by atoms with van der Waals surface area (Å²) in [6.45, 7) is 8.46. The van der Waals surface area contributed by atoms with E-state index in [2.05, 4.69) is 10.3 Å². The van der Waals surface area contributed by atoms with Crippen LogP contribution >= 0.6 is 23.7 Å². The maximum absolute atomic E-state index is 12.1. The van der Waals surface area contributed by atoms with E-state index in [4.69, 9.17) is 4.74 Å². The average Bonchev–Trinajstić information content (AvgIpc) is 2.80. The summed E-state index contributed by atoms with van der Waals surface area (Å²) in [6, 6.07) is 5.77. The second kappa shape index (κ2) is 7.09. The molecule has 0 saturated carbocycles. The topological polar surface area (TPSA) is 51.2 Å². The molecule has 21 heavy (non-hydrogen) atoms. The Morgan fingerprint density at radius 3 is 2.71 bits per heavy atom. The third-order valence-electron chi connectivity index (χ3n) is 3.39. The summed E-state index contributed by atoms with van der Waals surface area (Å²) >= 11 is 1.47. The lowest BCUT2D eigenvalue weighted by molar-refractivity contribution is -0.124. The summed E-state index contributed by atoms with van der Waals surface area (Å²) in [5.74, 6) is 0.833. The van der Waals surface area contributed by atoms with Gasteiger partial charge < -0.3 is 10.1 Å². The van der Waals surface area contributed by atoms with Gasteiger partial charge in [-0.2, -0.15) is 0 Å². The SMILES string of the molecule is CCOc1ccc2nc(NC(=O)C(C)(C)CC)sc2c1.Cl. The molecule has 1 heterocycles. The Kier molecular flexibility index (Phi) is 5.98. The molecule has 2 aromatic rings. The lowest BCUT2D eigenvalue weighted by atomic mass is 9.89. The monoisotopic (exact) mass is 328 g/mol. The van der Waals surface area contributed by atoms with Crippen molar-refractivity contribution in [1.82, 2.24) is 4.98 Å². The zero-order valence-electron chi connectivity index (χ0n) is 12.7. The highest BCUT2D eigenvalue weighted by Crippen LogP contribution is 2.30. The fourth-order valence-corrected chi connectivity index (χ4v) is 2.53. The predicted octanol–water partition coefficient (Wildman–Crippen LogP) is 4.49. The van der Waals surface area contributed by atoms with Crippen molar-refractivity contribution in [3.8, 4) is 5.75 Å². The number of thiazole rings is 1. The van der Waals surface area contributed by atoms with Crippen LogP contribution in [0.3, 0.4) is 0 Å². The van der Waals surface area contributed by atoms with Crippen molar-refractivity contribution in [2.24, 2.45) is 5.41 Å². The van der Waals surface area contributed by atoms with Gasteiger partial charge in [0.2, 0.25) is 5.91 Å². The number of rotatable bonds is 5. The number of nitrogens with one attached hydrogen (secondary N) is 1. The van der Waals surface area contributed by atoms with E-state index in [1.54, 1.807) is 0 Å². The summed E-state index contributed by atoms with van der Waals surface area (Å²) in [4.78, 5) is 16.6. The number of halogens is 1. The molecule has 0 bridgehead atoms. The average molecular weight is 329 g/mol. The van der Waals surface area contributed by atoms with Crippen LogP contribution in [0.2, 0.25) is 0 Å². The van der Waals surface area contributed by atoms with Crippen molar-refractivity contribution in [3.05, 3.63) is 18.2 Å². The molecule has 116 valence electrons. The van der Waals surface area contributed by atoms with Crippen LogP contribution in [-0.2, 0) is 4.79 Å². The zero-order valence-corrected chi connectivity index (χ0v) is 14.4. The van der Waals surface area contributed by atoms with Crippen molar-refractivity contribution in [3.63, 3.8) is 0 Å². The second-order valence-electron chi connectivity index (χ2n) is 5.27. The fraction of sp³-hybridized carbons (Fsp3) is 0.467. The van der Waals surface area contributed by atoms with Crippen LogP contribution in [0.15, 0.2) is 18.2 Å². The molecular weight excluding hydrogens is 308 g/mol. The van der Waals surface area contributed by atoms with Crippen LogP contribution in [0.25, 0.3) is 10.2 Å². The van der Waals surface area contributed by atoms with Gasteiger partial charge in [-0.1, -0.05) is 32.1 Å². The zero-order chi connectivity index (χ0) is 14.8. The van der Waals surface area contributed by atoms with Crippen LogP contribution in [0.1, 0.15) is 34.1 Å². The Bertz CT molecular complexity index is 625. The van der Waals surface area contributed by atoms with Crippen molar-refractivity contribution in [2.45, 2.75) is 34.1 Å². The molecular formula is C15H21ClN2O2S. The fourth-order valence-electron chi connectivity index (χ4n) is 1.64. The Morgan fingerprint density at radius 1 is 1.38 bits per heavy atom. The van der Waals surface area contributed by atoms with Gasteiger partial charge in [0.05, 0.1) is 16.8 Å². The van der Waals surface area contributed by atoms with Gasteiger partial charge in [0.1, 0.15) is 5.75 Å². The number of carbonyl (C=O) groups is 1. The Morgan fingerprint density at radius 2 is 2.10 bits per heavy atom. The van der Waals surface area contributed by atoms with Crippen molar-refractivity contribution >= 4 is 45.0 Å². The van der Waals surface area contributed by atoms with Gasteiger partial charge in [-0.25, -0.2) is 4.98 Å². The lowest BCUT2D eigenvalue weighted by Gasteiger charge is -2.20. The van der Waals surface area contributed by atoms with Crippen LogP contribution in [0, 0.1) is 5.41 Å². The highest BCUT2D eigenvalue weighted by molar-refractivity contribution is 7.22. The Labute approximate surface area is 135 Å². The third kappa shape index (κ3) is 4.08. The number of fused-ring (bicyclic) bond motifs is 1. The molecule has 0 spiro atoms. The van der Waals surface area contributed by atoms with Gasteiger partial charge in [-0.05, 0) is 31.5 Å². The third-order valence-corrected chi connectivity index (χ3v) is 4.32. The van der Waals surface area contributed by atoms with Crippen molar-refractivity contribution in [1.29, 1.82) is 0 Å². The molecule has 4 nitrogen and oxygen atoms in total. The minimum absolute atomic E-state index is 0. The molecule has 0 fully saturated rings. The number of hydrogen-bond acceptors (Lipinski definition) is 4. The summed E-state index contributed by atoms with van der Waals surface area (Å²) < 4.78 is 6.48. The standard InChI is InChI=1S/C15H20N2O2S.ClH/c1-5-15(3,4)13(18)17-14-16-11-8-7-10(19-6-2)9-12(11)20-14;/h7-9H,5-6H2,1-4H3,(H,16,17,18);1H. The first-order chi connectivity index (χ1) is 9.46. The second-order valence-corrected chi connectivity index (χ2v) is 6.30. The number of amides is 1. The molecule has 0 aliphatic carbocycles. The smallest absolute Gasteiger partial charge is 0.231 e. The Hall–Kier alpha value is -1.33. The number of ether oxygens (including phenoxy) is 1. The molecule has 6 heteroatoms. The molecule has 0 unspecified atom stereocenters. The van der Waals surface area contributed by atoms with Crippen molar-refractivity contribution < 1.29 is 9.53 Å². The maximum Gasteiger partial charge on any atom is 0.231 e. The van der Waals surface area contributed by atoms with Gasteiger partial charge in [0.15, 0.2) is 5.13 Å². The number of carbonyl (C=O) groups excluding carboxylic acids is 1. The van der Waals surface area contributed by atoms with E-state index in [0.717, 1.165) is 22.4 Å². The number of aromatic nitrogens is 1. The first kappa shape index (κ1) is 17.7. The molecule has 0 aliphatic heterocycles. The molecule has 1 N–H and O–H groups in total. The van der Waals surface area contributed by atoms with E-state index in [1.807, 2.05) is 45.9 Å². The lowest BCUT2D eigenvalue weighted by Crippen LogP contribution is -2.29. The van der Waals surface area contributed by atoms with E-state index in [9.17, 15) is 4.79 Å². The minimum Gasteiger partial charge on any atom is -0.494 e. The molecule has 1 amide bonds. The van der Waals surface area contributed by atoms with E-state index in [-0.39, 0.29) is 23.7 Å². The first-order valence-electron chi connectivity index (χ1n) is 6.81. The number of anilines is 1. The number of benzene rings is 1. The number of hydrogen-bond donors (Lipinski definition) is 1. The molecule has 0 atom stereocenters. The highest BCUT2D eigenvalue weighted by atomic mass is 35.5. The minimum atomic E-state index is -0.381. The summed E-state index contributed by atoms with van der Waals surface area (Å²) in [6.07, 6.45) is 0.790. The normalized spacial score (nSPS) is 11.0. The van der Waals surface area contributed by atoms with Crippen LogP contribution in [0.4, 0.5) is 5.13 Å². The van der Waals surface area contributed by atoms with Crippen LogP contribution < -0.4 is 10.1 Å². The molecule has 2 rings (SSSR count). The molecule has 0 aliphatic rings. The summed E-state index contributed by atoms with van der Waals surface area (Å²) in [5, 5.41) is 3.54. The highest BCUT2D eigenvalue weighted by Gasteiger charge is 2.26. The van der Waals surface area contributed by atoms with Gasteiger partial charge in [-0.15, -0.1) is 12.4 Å². The van der Waals surface area contributed by atoms with Gasteiger partial charge in [-0.3, -0.25) is 4.79 Å². The van der Waals surface area contributed by atoms with E-state index in [1.165, 1.54) is 11.3 Å². The summed E-state index contributed by atoms with van der Waals surface area (Å²) in [7, 11) is 0.